The predicted molar refractivity (Wildman–Crippen MR) is 82.6 cm³/mol. The van der Waals surface area contributed by atoms with Crippen LogP contribution < -0.4 is 10.5 Å². The van der Waals surface area contributed by atoms with Crippen LogP contribution in [0.1, 0.15) is 28.8 Å². The molecule has 2 N–H and O–H groups in total. The molecule has 102 valence electrons. The lowest BCUT2D eigenvalue weighted by atomic mass is 10.1. The predicted octanol–water partition coefficient (Wildman–Crippen LogP) is 3.81. The summed E-state index contributed by atoms with van der Waals surface area (Å²) in [5.74, 6) is 0.872. The van der Waals surface area contributed by atoms with Crippen LogP contribution in [0.15, 0.2) is 22.0 Å². The molecule has 0 fully saturated rings. The van der Waals surface area contributed by atoms with Crippen molar-refractivity contribution in [2.24, 2.45) is 5.73 Å². The average molecular weight is 341 g/mol. The first-order valence-corrected chi connectivity index (χ1v) is 7.86. The maximum Gasteiger partial charge on any atom is 0.131 e. The van der Waals surface area contributed by atoms with Crippen LogP contribution >= 0.6 is 27.3 Å². The van der Waals surface area contributed by atoms with Crippen LogP contribution in [0.2, 0.25) is 0 Å². The van der Waals surface area contributed by atoms with Gasteiger partial charge >= 0.3 is 0 Å². The Balaban J connectivity index is 2.14. The van der Waals surface area contributed by atoms with Gasteiger partial charge in [0.1, 0.15) is 12.4 Å². The van der Waals surface area contributed by atoms with Gasteiger partial charge in [-0.2, -0.15) is 0 Å². The van der Waals surface area contributed by atoms with E-state index in [9.17, 15) is 0 Å². The van der Waals surface area contributed by atoms with Gasteiger partial charge in [-0.05, 0) is 31.0 Å². The molecule has 0 bridgehead atoms. The van der Waals surface area contributed by atoms with Gasteiger partial charge in [0.2, 0.25) is 0 Å². The van der Waals surface area contributed by atoms with E-state index >= 15 is 0 Å². The second-order valence-electron chi connectivity index (χ2n) is 4.29. The zero-order chi connectivity index (χ0) is 13.8. The van der Waals surface area contributed by atoms with Gasteiger partial charge in [0.15, 0.2) is 0 Å². The highest BCUT2D eigenvalue weighted by Crippen LogP contribution is 2.28. The lowest BCUT2D eigenvalue weighted by molar-refractivity contribution is 0.296. The minimum absolute atomic E-state index is 0.465. The minimum Gasteiger partial charge on any atom is -0.487 e. The number of rotatable bonds is 5. The van der Waals surface area contributed by atoms with E-state index in [1.54, 1.807) is 11.3 Å². The van der Waals surface area contributed by atoms with E-state index in [4.69, 9.17) is 10.5 Å². The van der Waals surface area contributed by atoms with Gasteiger partial charge in [0.05, 0.1) is 10.7 Å². The van der Waals surface area contributed by atoms with Gasteiger partial charge in [-0.3, -0.25) is 0 Å². The summed E-state index contributed by atoms with van der Waals surface area (Å²) in [6.45, 7) is 5.09. The monoisotopic (exact) mass is 340 g/mol. The molecule has 0 saturated heterocycles. The molecule has 1 aromatic carbocycles. The molecule has 0 aliphatic carbocycles. The van der Waals surface area contributed by atoms with E-state index < -0.39 is 0 Å². The normalized spacial score (nSPS) is 10.7. The van der Waals surface area contributed by atoms with Crippen LogP contribution in [0.5, 0.6) is 5.75 Å². The first-order chi connectivity index (χ1) is 9.13. The summed E-state index contributed by atoms with van der Waals surface area (Å²) < 4.78 is 6.93. The van der Waals surface area contributed by atoms with Gasteiger partial charge in [0, 0.05) is 22.0 Å². The van der Waals surface area contributed by atoms with Gasteiger partial charge in [-0.1, -0.05) is 22.9 Å². The fourth-order valence-corrected chi connectivity index (χ4v) is 3.23. The third kappa shape index (κ3) is 3.55. The van der Waals surface area contributed by atoms with E-state index in [2.05, 4.69) is 33.2 Å². The SMILES string of the molecule is CCc1nc(COc2c(C)cc(Br)cc2CN)cs1. The Morgan fingerprint density at radius 3 is 2.84 bits per heavy atom. The summed E-state index contributed by atoms with van der Waals surface area (Å²) in [6, 6.07) is 4.04. The van der Waals surface area contributed by atoms with Crippen molar-refractivity contribution in [1.29, 1.82) is 0 Å². The van der Waals surface area contributed by atoms with Crippen molar-refractivity contribution in [2.45, 2.75) is 33.4 Å². The van der Waals surface area contributed by atoms with Crippen LogP contribution in [0, 0.1) is 6.92 Å². The number of nitrogens with zero attached hydrogens (tertiary/aromatic N) is 1. The number of halogens is 1. The summed E-state index contributed by atoms with van der Waals surface area (Å²) in [4.78, 5) is 4.50. The highest BCUT2D eigenvalue weighted by Gasteiger charge is 2.09. The lowest BCUT2D eigenvalue weighted by Crippen LogP contribution is -2.05. The molecule has 0 amide bonds. The highest BCUT2D eigenvalue weighted by atomic mass is 79.9. The molecule has 0 spiro atoms. The van der Waals surface area contributed by atoms with E-state index in [-0.39, 0.29) is 0 Å². The third-order valence-electron chi connectivity index (χ3n) is 2.80. The molecule has 3 nitrogen and oxygen atoms in total. The number of thiazole rings is 1. The summed E-state index contributed by atoms with van der Waals surface area (Å²) in [5.41, 5.74) is 8.84. The van der Waals surface area contributed by atoms with Crippen LogP contribution in [0.3, 0.4) is 0 Å². The average Bonchev–Trinajstić information content (AvgIpc) is 2.84. The molecule has 0 aliphatic heterocycles. The Morgan fingerprint density at radius 2 is 2.21 bits per heavy atom. The number of hydrogen-bond donors (Lipinski definition) is 1. The van der Waals surface area contributed by atoms with Gasteiger partial charge in [-0.25, -0.2) is 4.98 Å². The topological polar surface area (TPSA) is 48.1 Å². The van der Waals surface area contributed by atoms with E-state index in [1.165, 1.54) is 0 Å². The van der Waals surface area contributed by atoms with Crippen molar-refractivity contribution in [3.63, 3.8) is 0 Å². The van der Waals surface area contributed by atoms with Crippen LogP contribution in [0.4, 0.5) is 0 Å². The highest BCUT2D eigenvalue weighted by molar-refractivity contribution is 9.10. The number of ether oxygens (including phenoxy) is 1. The zero-order valence-electron chi connectivity index (χ0n) is 11.1. The van der Waals surface area contributed by atoms with Crippen molar-refractivity contribution in [2.75, 3.05) is 0 Å². The summed E-state index contributed by atoms with van der Waals surface area (Å²) >= 11 is 5.15. The largest absolute Gasteiger partial charge is 0.487 e. The third-order valence-corrected chi connectivity index (χ3v) is 4.30. The van der Waals surface area contributed by atoms with Crippen LogP contribution in [0.25, 0.3) is 0 Å². The quantitative estimate of drug-likeness (QED) is 0.900. The lowest BCUT2D eigenvalue weighted by Gasteiger charge is -2.13. The number of benzene rings is 1. The standard InChI is InChI=1S/C14H17BrN2OS/c1-3-13-17-12(8-19-13)7-18-14-9(2)4-11(15)5-10(14)6-16/h4-5,8H,3,6-7,16H2,1-2H3. The minimum atomic E-state index is 0.465. The van der Waals surface area contributed by atoms with Crippen molar-refractivity contribution in [1.82, 2.24) is 4.98 Å². The molecule has 0 unspecified atom stereocenters. The Hall–Kier alpha value is -0.910. The molecule has 5 heteroatoms. The summed E-state index contributed by atoms with van der Waals surface area (Å²) in [7, 11) is 0. The molecule has 2 rings (SSSR count). The molecule has 1 aromatic heterocycles. The van der Waals surface area contributed by atoms with Gasteiger partial charge in [-0.15, -0.1) is 11.3 Å². The number of nitrogens with two attached hydrogens (primary N) is 1. The fraction of sp³-hybridized carbons (Fsp3) is 0.357. The molecule has 0 saturated carbocycles. The Kier molecular flexibility index (Phi) is 4.96. The summed E-state index contributed by atoms with van der Waals surface area (Å²) in [6.07, 6.45) is 0.968. The van der Waals surface area contributed by atoms with Gasteiger partial charge < -0.3 is 10.5 Å². The molecule has 1 heterocycles. The maximum atomic E-state index is 5.90. The van der Waals surface area contributed by atoms with E-state index in [1.807, 2.05) is 19.1 Å². The van der Waals surface area contributed by atoms with Crippen LogP contribution in [-0.2, 0) is 19.6 Å². The van der Waals surface area contributed by atoms with Crippen molar-refractivity contribution >= 4 is 27.3 Å². The molecule has 0 atom stereocenters. The summed E-state index contributed by atoms with van der Waals surface area (Å²) in [5, 5.41) is 3.19. The first-order valence-electron chi connectivity index (χ1n) is 6.19. The van der Waals surface area contributed by atoms with Crippen molar-refractivity contribution in [3.8, 4) is 5.75 Å². The molecule has 0 radical (unpaired) electrons. The van der Waals surface area contributed by atoms with E-state index in [0.717, 1.165) is 38.5 Å². The second kappa shape index (κ2) is 6.50. The second-order valence-corrected chi connectivity index (χ2v) is 6.15. The maximum absolute atomic E-state index is 5.90. The van der Waals surface area contributed by atoms with Gasteiger partial charge in [0.25, 0.3) is 0 Å². The Bertz CT molecular complexity index is 569. The molecule has 0 aliphatic rings. The number of aryl methyl sites for hydroxylation is 2. The van der Waals surface area contributed by atoms with Crippen LogP contribution in [-0.4, -0.2) is 4.98 Å². The molecule has 19 heavy (non-hydrogen) atoms. The number of aromatic nitrogens is 1. The zero-order valence-corrected chi connectivity index (χ0v) is 13.5. The Morgan fingerprint density at radius 1 is 1.42 bits per heavy atom. The van der Waals surface area contributed by atoms with Crippen molar-refractivity contribution < 1.29 is 4.74 Å². The molecular formula is C14H17BrN2OS. The van der Waals surface area contributed by atoms with E-state index in [0.29, 0.717) is 13.2 Å². The smallest absolute Gasteiger partial charge is 0.131 e. The number of hydrogen-bond acceptors (Lipinski definition) is 4. The fourth-order valence-electron chi connectivity index (χ4n) is 1.88. The Labute approximate surface area is 125 Å². The van der Waals surface area contributed by atoms with Crippen molar-refractivity contribution in [3.05, 3.63) is 43.8 Å². The molecular weight excluding hydrogens is 324 g/mol. The molecule has 2 aromatic rings. The first kappa shape index (κ1) is 14.5.